The zero-order valence-corrected chi connectivity index (χ0v) is 9.63. The molecule has 0 aromatic rings. The zero-order valence-electron chi connectivity index (χ0n) is 8.81. The molecule has 1 aliphatic rings. The summed E-state index contributed by atoms with van der Waals surface area (Å²) < 4.78 is 24.9. The molecule has 1 saturated heterocycles. The summed E-state index contributed by atoms with van der Waals surface area (Å²) in [5.74, 6) is 0.959. The lowest BCUT2D eigenvalue weighted by atomic mass is 10.0. The number of hydrogen-bond acceptors (Lipinski definition) is 3. The molecular formula is C9H19NO3S. The van der Waals surface area contributed by atoms with E-state index in [4.69, 9.17) is 5.11 Å². The summed E-state index contributed by atoms with van der Waals surface area (Å²) in [4.78, 5) is 0. The molecule has 0 amide bonds. The molecule has 0 aromatic heterocycles. The predicted molar refractivity (Wildman–Crippen MR) is 55.4 cm³/mol. The first-order valence-corrected chi connectivity index (χ1v) is 6.67. The SMILES string of the molecule is CC1CN(S(=O)(=O)CCCO)CC1C. The quantitative estimate of drug-likeness (QED) is 0.742. The highest BCUT2D eigenvalue weighted by atomic mass is 32.2. The molecule has 1 heterocycles. The first kappa shape index (κ1) is 11.9. The Kier molecular flexibility index (Phi) is 3.92. The molecular weight excluding hydrogens is 202 g/mol. The van der Waals surface area contributed by atoms with Crippen LogP contribution in [0.15, 0.2) is 0 Å². The van der Waals surface area contributed by atoms with Crippen LogP contribution in [0.3, 0.4) is 0 Å². The largest absolute Gasteiger partial charge is 0.396 e. The Morgan fingerprint density at radius 2 is 1.79 bits per heavy atom. The standard InChI is InChI=1S/C9H19NO3S/c1-8-6-10(7-9(8)2)14(12,13)5-3-4-11/h8-9,11H,3-7H2,1-2H3. The number of nitrogens with zero attached hydrogens (tertiary/aromatic N) is 1. The molecule has 84 valence electrons. The van der Waals surface area contributed by atoms with Gasteiger partial charge >= 0.3 is 0 Å². The second-order valence-corrected chi connectivity index (χ2v) is 6.25. The van der Waals surface area contributed by atoms with Crippen molar-refractivity contribution in [3.05, 3.63) is 0 Å². The third-order valence-electron chi connectivity index (χ3n) is 2.91. The van der Waals surface area contributed by atoms with E-state index in [9.17, 15) is 8.42 Å². The summed E-state index contributed by atoms with van der Waals surface area (Å²) in [6.45, 7) is 5.36. The zero-order chi connectivity index (χ0) is 10.8. The smallest absolute Gasteiger partial charge is 0.214 e. The van der Waals surface area contributed by atoms with E-state index in [0.29, 0.717) is 31.3 Å². The van der Waals surface area contributed by atoms with E-state index in [1.54, 1.807) is 4.31 Å². The lowest BCUT2D eigenvalue weighted by Gasteiger charge is -2.15. The minimum atomic E-state index is -3.11. The van der Waals surface area contributed by atoms with E-state index in [-0.39, 0.29) is 12.4 Å². The summed E-state index contributed by atoms with van der Waals surface area (Å²) in [5, 5.41) is 8.59. The molecule has 1 aliphatic heterocycles. The number of hydrogen-bond donors (Lipinski definition) is 1. The third-order valence-corrected chi connectivity index (χ3v) is 4.80. The number of aliphatic hydroxyl groups excluding tert-OH is 1. The Bertz CT molecular complexity index is 266. The van der Waals surface area contributed by atoms with Crippen molar-refractivity contribution in [3.8, 4) is 0 Å². The molecule has 1 rings (SSSR count). The molecule has 0 bridgehead atoms. The molecule has 0 spiro atoms. The number of rotatable bonds is 4. The lowest BCUT2D eigenvalue weighted by molar-refractivity contribution is 0.294. The van der Waals surface area contributed by atoms with E-state index >= 15 is 0 Å². The first-order chi connectivity index (χ1) is 6.47. The second-order valence-electron chi connectivity index (χ2n) is 4.16. The average Bonchev–Trinajstić information content (AvgIpc) is 2.45. The van der Waals surface area contributed by atoms with Crippen LogP contribution < -0.4 is 0 Å². The van der Waals surface area contributed by atoms with Crippen LogP contribution >= 0.6 is 0 Å². The Morgan fingerprint density at radius 3 is 2.21 bits per heavy atom. The van der Waals surface area contributed by atoms with Gasteiger partial charge in [-0.05, 0) is 18.3 Å². The van der Waals surface area contributed by atoms with Gasteiger partial charge in [0.1, 0.15) is 0 Å². The van der Waals surface area contributed by atoms with E-state index in [0.717, 1.165) is 0 Å². The van der Waals surface area contributed by atoms with Crippen LogP contribution in [0.4, 0.5) is 0 Å². The molecule has 0 saturated carbocycles. The van der Waals surface area contributed by atoms with Crippen molar-refractivity contribution < 1.29 is 13.5 Å². The van der Waals surface area contributed by atoms with Crippen LogP contribution in [-0.2, 0) is 10.0 Å². The molecule has 0 aliphatic carbocycles. The summed E-state index contributed by atoms with van der Waals surface area (Å²) >= 11 is 0. The van der Waals surface area contributed by atoms with Gasteiger partial charge in [-0.25, -0.2) is 12.7 Å². The van der Waals surface area contributed by atoms with Gasteiger partial charge in [0.25, 0.3) is 0 Å². The van der Waals surface area contributed by atoms with Gasteiger partial charge in [-0.3, -0.25) is 0 Å². The van der Waals surface area contributed by atoms with E-state index in [1.165, 1.54) is 0 Å². The second kappa shape index (κ2) is 4.59. The average molecular weight is 221 g/mol. The van der Waals surface area contributed by atoms with Crippen molar-refractivity contribution in [1.82, 2.24) is 4.31 Å². The predicted octanol–water partition coefficient (Wildman–Crippen LogP) is 0.286. The fraction of sp³-hybridized carbons (Fsp3) is 1.00. The highest BCUT2D eigenvalue weighted by Crippen LogP contribution is 2.24. The van der Waals surface area contributed by atoms with Gasteiger partial charge in [0.05, 0.1) is 5.75 Å². The topological polar surface area (TPSA) is 57.6 Å². The molecule has 2 atom stereocenters. The Labute approximate surface area is 86.0 Å². The van der Waals surface area contributed by atoms with E-state index in [2.05, 4.69) is 13.8 Å². The molecule has 14 heavy (non-hydrogen) atoms. The number of sulfonamides is 1. The Hall–Kier alpha value is -0.130. The fourth-order valence-electron chi connectivity index (χ4n) is 1.68. The van der Waals surface area contributed by atoms with Gasteiger partial charge in [-0.2, -0.15) is 0 Å². The van der Waals surface area contributed by atoms with Crippen LogP contribution in [0.25, 0.3) is 0 Å². The van der Waals surface area contributed by atoms with Crippen LogP contribution in [0.1, 0.15) is 20.3 Å². The molecule has 4 nitrogen and oxygen atoms in total. The minimum absolute atomic E-state index is 0.0574. The molecule has 1 fully saturated rings. The van der Waals surface area contributed by atoms with Crippen molar-refractivity contribution in [2.45, 2.75) is 20.3 Å². The molecule has 2 unspecified atom stereocenters. The van der Waals surface area contributed by atoms with Gasteiger partial charge in [0.15, 0.2) is 0 Å². The molecule has 1 N–H and O–H groups in total. The Balaban J connectivity index is 2.57. The van der Waals surface area contributed by atoms with Crippen LogP contribution in [0, 0.1) is 11.8 Å². The van der Waals surface area contributed by atoms with Gasteiger partial charge in [0.2, 0.25) is 10.0 Å². The van der Waals surface area contributed by atoms with Gasteiger partial charge in [-0.15, -0.1) is 0 Å². The van der Waals surface area contributed by atoms with Crippen molar-refractivity contribution >= 4 is 10.0 Å². The van der Waals surface area contributed by atoms with Crippen molar-refractivity contribution in [2.75, 3.05) is 25.4 Å². The summed E-state index contributed by atoms with van der Waals surface area (Å²) in [7, 11) is -3.11. The highest BCUT2D eigenvalue weighted by Gasteiger charge is 2.33. The minimum Gasteiger partial charge on any atom is -0.396 e. The summed E-state index contributed by atoms with van der Waals surface area (Å²) in [6.07, 6.45) is 0.335. The van der Waals surface area contributed by atoms with Gasteiger partial charge < -0.3 is 5.11 Å². The van der Waals surface area contributed by atoms with E-state index in [1.807, 2.05) is 0 Å². The maximum atomic E-state index is 11.7. The first-order valence-electron chi connectivity index (χ1n) is 5.06. The fourth-order valence-corrected chi connectivity index (χ4v) is 3.36. The van der Waals surface area contributed by atoms with Gasteiger partial charge in [-0.1, -0.05) is 13.8 Å². The van der Waals surface area contributed by atoms with E-state index < -0.39 is 10.0 Å². The molecule has 5 heteroatoms. The summed E-state index contributed by atoms with van der Waals surface area (Å²) in [5.41, 5.74) is 0. The third kappa shape index (κ3) is 2.68. The van der Waals surface area contributed by atoms with Gasteiger partial charge in [0, 0.05) is 19.7 Å². The number of aliphatic hydroxyl groups is 1. The Morgan fingerprint density at radius 1 is 1.29 bits per heavy atom. The maximum absolute atomic E-state index is 11.7. The highest BCUT2D eigenvalue weighted by molar-refractivity contribution is 7.89. The normalized spacial score (nSPS) is 29.6. The maximum Gasteiger partial charge on any atom is 0.214 e. The van der Waals surface area contributed by atoms with Crippen molar-refractivity contribution in [2.24, 2.45) is 11.8 Å². The van der Waals surface area contributed by atoms with Crippen molar-refractivity contribution in [3.63, 3.8) is 0 Å². The molecule has 0 aromatic carbocycles. The summed E-state index contributed by atoms with van der Waals surface area (Å²) in [6, 6.07) is 0. The van der Waals surface area contributed by atoms with Crippen LogP contribution in [-0.4, -0.2) is 43.3 Å². The van der Waals surface area contributed by atoms with Crippen molar-refractivity contribution in [1.29, 1.82) is 0 Å². The lowest BCUT2D eigenvalue weighted by Crippen LogP contribution is -2.31. The monoisotopic (exact) mass is 221 g/mol. The van der Waals surface area contributed by atoms with Crippen LogP contribution in [0.5, 0.6) is 0 Å². The molecule has 0 radical (unpaired) electrons. The van der Waals surface area contributed by atoms with Crippen LogP contribution in [0.2, 0.25) is 0 Å².